The summed E-state index contributed by atoms with van der Waals surface area (Å²) in [5, 5.41) is 8.87. The smallest absolute Gasteiger partial charge is 0.0490 e. The molecule has 2 atom stereocenters. The highest BCUT2D eigenvalue weighted by Crippen LogP contribution is 2.62. The lowest BCUT2D eigenvalue weighted by molar-refractivity contribution is 0.205. The van der Waals surface area contributed by atoms with Crippen LogP contribution in [0.4, 0.5) is 0 Å². The fourth-order valence-electron chi connectivity index (χ4n) is 2.12. The average molecular weight is 112 g/mol. The highest BCUT2D eigenvalue weighted by molar-refractivity contribution is 5.05. The van der Waals surface area contributed by atoms with E-state index in [0.717, 1.165) is 5.92 Å². The van der Waals surface area contributed by atoms with Crippen molar-refractivity contribution in [2.75, 3.05) is 6.61 Å². The number of fused-ring (bicyclic) bond motifs is 1. The standard InChI is InChI=1S/C7H12O/c8-5-7-3-1-2-6(7)4-7/h6,8H,1-5H2/t6-,7+/m0/s1. The summed E-state index contributed by atoms with van der Waals surface area (Å²) >= 11 is 0. The molecule has 1 heteroatoms. The quantitative estimate of drug-likeness (QED) is 0.540. The topological polar surface area (TPSA) is 20.2 Å². The first-order valence-electron chi connectivity index (χ1n) is 3.48. The van der Waals surface area contributed by atoms with Crippen LogP contribution in [0, 0.1) is 11.3 Å². The molecule has 1 N–H and O–H groups in total. The Labute approximate surface area is 49.7 Å². The van der Waals surface area contributed by atoms with Crippen molar-refractivity contribution in [3.8, 4) is 0 Å². The van der Waals surface area contributed by atoms with Gasteiger partial charge in [-0.1, -0.05) is 6.42 Å². The molecule has 2 aliphatic rings. The Morgan fingerprint density at radius 1 is 1.62 bits per heavy atom. The predicted molar refractivity (Wildman–Crippen MR) is 31.5 cm³/mol. The minimum atomic E-state index is 0.456. The first kappa shape index (κ1) is 4.80. The van der Waals surface area contributed by atoms with Gasteiger partial charge in [-0.3, -0.25) is 0 Å². The molecule has 0 saturated heterocycles. The zero-order valence-electron chi connectivity index (χ0n) is 5.06. The first-order valence-corrected chi connectivity index (χ1v) is 3.48. The Morgan fingerprint density at radius 2 is 2.50 bits per heavy atom. The van der Waals surface area contributed by atoms with Crippen molar-refractivity contribution in [3.63, 3.8) is 0 Å². The van der Waals surface area contributed by atoms with Crippen molar-refractivity contribution in [1.29, 1.82) is 0 Å². The average Bonchev–Trinajstić information content (AvgIpc) is 2.38. The van der Waals surface area contributed by atoms with Crippen LogP contribution in [-0.2, 0) is 0 Å². The van der Waals surface area contributed by atoms with E-state index in [4.69, 9.17) is 5.11 Å². The molecule has 0 bridgehead atoms. The van der Waals surface area contributed by atoms with Gasteiger partial charge in [0.25, 0.3) is 0 Å². The van der Waals surface area contributed by atoms with Gasteiger partial charge in [0.2, 0.25) is 0 Å². The lowest BCUT2D eigenvalue weighted by Crippen LogP contribution is -2.03. The van der Waals surface area contributed by atoms with Gasteiger partial charge in [0.1, 0.15) is 0 Å². The maximum atomic E-state index is 8.87. The Morgan fingerprint density at radius 3 is 2.75 bits per heavy atom. The van der Waals surface area contributed by atoms with E-state index in [0.29, 0.717) is 12.0 Å². The number of hydrogen-bond donors (Lipinski definition) is 1. The molecule has 46 valence electrons. The molecule has 8 heavy (non-hydrogen) atoms. The van der Waals surface area contributed by atoms with Gasteiger partial charge in [0.15, 0.2) is 0 Å². The Balaban J connectivity index is 2.08. The largest absolute Gasteiger partial charge is 0.396 e. The van der Waals surface area contributed by atoms with Crippen molar-refractivity contribution in [2.45, 2.75) is 25.7 Å². The van der Waals surface area contributed by atoms with E-state index in [2.05, 4.69) is 0 Å². The van der Waals surface area contributed by atoms with Gasteiger partial charge < -0.3 is 5.11 Å². The Hall–Kier alpha value is -0.0400. The summed E-state index contributed by atoms with van der Waals surface area (Å²) in [4.78, 5) is 0. The van der Waals surface area contributed by atoms with Crippen LogP contribution in [0.5, 0.6) is 0 Å². The van der Waals surface area contributed by atoms with E-state index in [-0.39, 0.29) is 0 Å². The molecule has 0 spiro atoms. The van der Waals surface area contributed by atoms with Crippen LogP contribution >= 0.6 is 0 Å². The van der Waals surface area contributed by atoms with Gasteiger partial charge in [-0.05, 0) is 30.6 Å². The number of aliphatic hydroxyl groups excluding tert-OH is 1. The lowest BCUT2D eigenvalue weighted by atomic mass is 10.1. The van der Waals surface area contributed by atoms with E-state index in [1.807, 2.05) is 0 Å². The normalized spacial score (nSPS) is 51.4. The number of rotatable bonds is 1. The van der Waals surface area contributed by atoms with Gasteiger partial charge in [-0.25, -0.2) is 0 Å². The third-order valence-corrected chi connectivity index (χ3v) is 2.90. The molecule has 1 nitrogen and oxygen atoms in total. The molecule has 2 saturated carbocycles. The molecule has 2 aliphatic carbocycles. The minimum absolute atomic E-state index is 0.456. The molecular formula is C7H12O. The highest BCUT2D eigenvalue weighted by Gasteiger charge is 2.55. The summed E-state index contributed by atoms with van der Waals surface area (Å²) in [6.45, 7) is 0.456. The molecule has 0 unspecified atom stereocenters. The minimum Gasteiger partial charge on any atom is -0.396 e. The molecule has 0 aromatic rings. The van der Waals surface area contributed by atoms with Crippen LogP contribution in [0.25, 0.3) is 0 Å². The van der Waals surface area contributed by atoms with Crippen molar-refractivity contribution >= 4 is 0 Å². The Bertz CT molecular complexity index is 107. The van der Waals surface area contributed by atoms with Crippen molar-refractivity contribution in [2.24, 2.45) is 11.3 Å². The summed E-state index contributed by atoms with van der Waals surface area (Å²) in [6.07, 6.45) is 5.38. The summed E-state index contributed by atoms with van der Waals surface area (Å²) < 4.78 is 0. The lowest BCUT2D eigenvalue weighted by Gasteiger charge is -2.03. The number of aliphatic hydroxyl groups is 1. The molecule has 0 aliphatic heterocycles. The fourth-order valence-corrected chi connectivity index (χ4v) is 2.12. The molecule has 0 amide bonds. The fraction of sp³-hybridized carbons (Fsp3) is 1.00. The van der Waals surface area contributed by atoms with Gasteiger partial charge in [-0.2, -0.15) is 0 Å². The first-order chi connectivity index (χ1) is 3.87. The van der Waals surface area contributed by atoms with Crippen molar-refractivity contribution in [3.05, 3.63) is 0 Å². The van der Waals surface area contributed by atoms with Gasteiger partial charge in [-0.15, -0.1) is 0 Å². The third kappa shape index (κ3) is 0.408. The molecule has 0 heterocycles. The zero-order chi connectivity index (χ0) is 5.61. The predicted octanol–water partition coefficient (Wildman–Crippen LogP) is 1.17. The molecule has 2 rings (SSSR count). The molecule has 2 fully saturated rings. The molecule has 0 radical (unpaired) electrons. The second-order valence-corrected chi connectivity index (χ2v) is 3.31. The van der Waals surface area contributed by atoms with Gasteiger partial charge >= 0.3 is 0 Å². The van der Waals surface area contributed by atoms with E-state index in [1.54, 1.807) is 0 Å². The van der Waals surface area contributed by atoms with Crippen LogP contribution < -0.4 is 0 Å². The summed E-state index contributed by atoms with van der Waals surface area (Å²) in [5.74, 6) is 0.924. The van der Waals surface area contributed by atoms with Crippen molar-refractivity contribution < 1.29 is 5.11 Å². The second-order valence-electron chi connectivity index (χ2n) is 3.31. The summed E-state index contributed by atoms with van der Waals surface area (Å²) in [5.41, 5.74) is 0.458. The zero-order valence-corrected chi connectivity index (χ0v) is 5.06. The van der Waals surface area contributed by atoms with E-state index >= 15 is 0 Å². The van der Waals surface area contributed by atoms with E-state index in [1.165, 1.54) is 25.7 Å². The van der Waals surface area contributed by atoms with Crippen LogP contribution in [0.15, 0.2) is 0 Å². The molecular weight excluding hydrogens is 100 g/mol. The van der Waals surface area contributed by atoms with Gasteiger partial charge in [0, 0.05) is 6.61 Å². The van der Waals surface area contributed by atoms with Crippen LogP contribution in [0.1, 0.15) is 25.7 Å². The maximum Gasteiger partial charge on any atom is 0.0490 e. The Kier molecular flexibility index (Phi) is 0.762. The summed E-state index contributed by atoms with van der Waals surface area (Å²) in [6, 6.07) is 0. The van der Waals surface area contributed by atoms with Crippen molar-refractivity contribution in [1.82, 2.24) is 0 Å². The number of hydrogen-bond acceptors (Lipinski definition) is 1. The van der Waals surface area contributed by atoms with E-state index < -0.39 is 0 Å². The van der Waals surface area contributed by atoms with Crippen LogP contribution in [0.2, 0.25) is 0 Å². The second kappa shape index (κ2) is 1.27. The molecule has 0 aromatic carbocycles. The SMILES string of the molecule is OC[C@]12CCC[C@H]1C2. The van der Waals surface area contributed by atoms with E-state index in [9.17, 15) is 0 Å². The molecule has 0 aromatic heterocycles. The maximum absolute atomic E-state index is 8.87. The van der Waals surface area contributed by atoms with Crippen LogP contribution in [0.3, 0.4) is 0 Å². The summed E-state index contributed by atoms with van der Waals surface area (Å²) in [7, 11) is 0. The monoisotopic (exact) mass is 112 g/mol. The van der Waals surface area contributed by atoms with Crippen LogP contribution in [-0.4, -0.2) is 11.7 Å². The van der Waals surface area contributed by atoms with Gasteiger partial charge in [0.05, 0.1) is 0 Å². The highest BCUT2D eigenvalue weighted by atomic mass is 16.3. The third-order valence-electron chi connectivity index (χ3n) is 2.90.